The maximum absolute atomic E-state index is 12.9. The van der Waals surface area contributed by atoms with E-state index in [2.05, 4.69) is 30.2 Å². The summed E-state index contributed by atoms with van der Waals surface area (Å²) in [5, 5.41) is 4.24. The molecule has 5 nitrogen and oxygen atoms in total. The Balaban J connectivity index is 1.53. The molecule has 2 atom stereocenters. The average molecular weight is 387 g/mol. The van der Waals surface area contributed by atoms with Crippen LogP contribution in [-0.4, -0.2) is 34.9 Å². The van der Waals surface area contributed by atoms with Crippen LogP contribution < -0.4 is 11.1 Å². The van der Waals surface area contributed by atoms with Crippen LogP contribution in [0.1, 0.15) is 28.6 Å². The molecule has 2 aromatic heterocycles. The highest BCUT2D eigenvalue weighted by atomic mass is 32.1. The van der Waals surface area contributed by atoms with Crippen molar-refractivity contribution in [3.63, 3.8) is 0 Å². The first-order valence-electron chi connectivity index (χ1n) is 8.79. The first-order valence-corrected chi connectivity index (χ1v) is 10.4. The van der Waals surface area contributed by atoms with E-state index in [4.69, 9.17) is 5.73 Å². The number of hydrogen-bond acceptors (Lipinski definition) is 6. The number of nitrogens with zero attached hydrogens (tertiary/aromatic N) is 2. The Morgan fingerprint density at radius 3 is 2.88 bits per heavy atom. The van der Waals surface area contributed by atoms with Gasteiger partial charge in [-0.2, -0.15) is 0 Å². The Bertz CT molecular complexity index is 917. The standard InChI is InChI=1S/C19H22N4OS2/c1-11-5-3-4-6-14(11)21-19-22-17-15(26-19)8-16(25-17)18(24)23-10-13(9-20)7-12(23)2/h3-6,8,12-13H,7,9-10,20H2,1-2H3,(H,21,22). The minimum atomic E-state index is 0.108. The molecule has 1 saturated heterocycles. The first-order chi connectivity index (χ1) is 12.5. The van der Waals surface area contributed by atoms with Crippen molar-refractivity contribution in [3.8, 4) is 0 Å². The quantitative estimate of drug-likeness (QED) is 0.704. The normalized spacial score (nSPS) is 20.0. The van der Waals surface area contributed by atoms with Crippen molar-refractivity contribution in [3.05, 3.63) is 40.8 Å². The van der Waals surface area contributed by atoms with E-state index in [1.54, 1.807) is 11.3 Å². The fraction of sp³-hybridized carbons (Fsp3) is 0.368. The minimum absolute atomic E-state index is 0.108. The second-order valence-electron chi connectivity index (χ2n) is 6.88. The van der Waals surface area contributed by atoms with Crippen LogP contribution in [0.25, 0.3) is 9.53 Å². The van der Waals surface area contributed by atoms with Crippen LogP contribution in [-0.2, 0) is 0 Å². The Morgan fingerprint density at radius 2 is 2.19 bits per heavy atom. The molecule has 0 saturated carbocycles. The summed E-state index contributed by atoms with van der Waals surface area (Å²) in [6, 6.07) is 10.4. The number of thiophene rings is 1. The number of carbonyl (C=O) groups excluding carboxylic acids is 1. The van der Waals surface area contributed by atoms with Gasteiger partial charge < -0.3 is 16.0 Å². The van der Waals surface area contributed by atoms with Crippen molar-refractivity contribution in [1.29, 1.82) is 0 Å². The summed E-state index contributed by atoms with van der Waals surface area (Å²) in [5.41, 5.74) is 8.02. The number of carbonyl (C=O) groups is 1. The lowest BCUT2D eigenvalue weighted by Crippen LogP contribution is -2.33. The zero-order valence-electron chi connectivity index (χ0n) is 14.9. The molecule has 136 valence electrons. The fourth-order valence-corrected chi connectivity index (χ4v) is 5.54. The first kappa shape index (κ1) is 17.5. The van der Waals surface area contributed by atoms with Crippen LogP contribution in [0.3, 0.4) is 0 Å². The summed E-state index contributed by atoms with van der Waals surface area (Å²) in [6.45, 7) is 5.57. The molecule has 1 aliphatic rings. The van der Waals surface area contributed by atoms with Gasteiger partial charge in [-0.15, -0.1) is 11.3 Å². The molecule has 3 aromatic rings. The number of hydrogen-bond donors (Lipinski definition) is 2. The van der Waals surface area contributed by atoms with Crippen LogP contribution in [0.5, 0.6) is 0 Å². The summed E-state index contributed by atoms with van der Waals surface area (Å²) in [7, 11) is 0. The van der Waals surface area contributed by atoms with Crippen LogP contribution in [0, 0.1) is 12.8 Å². The minimum Gasteiger partial charge on any atom is -0.335 e. The van der Waals surface area contributed by atoms with Gasteiger partial charge in [0.25, 0.3) is 5.91 Å². The van der Waals surface area contributed by atoms with Crippen molar-refractivity contribution in [1.82, 2.24) is 9.88 Å². The maximum Gasteiger partial charge on any atom is 0.264 e. The number of anilines is 2. The Hall–Kier alpha value is -1.96. The van der Waals surface area contributed by atoms with E-state index >= 15 is 0 Å². The summed E-state index contributed by atoms with van der Waals surface area (Å²) in [5.74, 6) is 0.523. The molecule has 0 radical (unpaired) electrons. The van der Waals surface area contributed by atoms with Crippen molar-refractivity contribution in [2.75, 3.05) is 18.4 Å². The lowest BCUT2D eigenvalue weighted by Gasteiger charge is -2.20. The van der Waals surface area contributed by atoms with E-state index < -0.39 is 0 Å². The Kier molecular flexibility index (Phi) is 4.69. The van der Waals surface area contributed by atoms with Gasteiger partial charge in [0.2, 0.25) is 0 Å². The van der Waals surface area contributed by atoms with Gasteiger partial charge in [-0.05, 0) is 50.4 Å². The predicted octanol–water partition coefficient (Wildman–Crippen LogP) is 4.22. The van der Waals surface area contributed by atoms with Crippen molar-refractivity contribution < 1.29 is 4.79 Å². The van der Waals surface area contributed by atoms with Gasteiger partial charge in [0.15, 0.2) is 5.13 Å². The third-order valence-electron chi connectivity index (χ3n) is 4.94. The summed E-state index contributed by atoms with van der Waals surface area (Å²) < 4.78 is 1.05. The third kappa shape index (κ3) is 3.22. The van der Waals surface area contributed by atoms with Gasteiger partial charge in [-0.25, -0.2) is 4.98 Å². The SMILES string of the molecule is Cc1ccccc1Nc1nc2sc(C(=O)N3CC(CN)CC3C)cc2s1. The number of para-hydroxylation sites is 1. The number of thiazole rings is 1. The molecule has 1 aliphatic heterocycles. The topological polar surface area (TPSA) is 71.2 Å². The molecule has 4 rings (SSSR count). The van der Waals surface area contributed by atoms with Crippen LogP contribution >= 0.6 is 22.7 Å². The largest absolute Gasteiger partial charge is 0.335 e. The number of fused-ring (bicyclic) bond motifs is 1. The van der Waals surface area contributed by atoms with E-state index in [9.17, 15) is 4.79 Å². The Labute approximate surface area is 160 Å². The number of aromatic nitrogens is 1. The van der Waals surface area contributed by atoms with Gasteiger partial charge in [0.1, 0.15) is 4.83 Å². The fourth-order valence-electron chi connectivity index (χ4n) is 3.46. The molecule has 26 heavy (non-hydrogen) atoms. The molecular formula is C19H22N4OS2. The second-order valence-corrected chi connectivity index (χ2v) is 8.94. The van der Waals surface area contributed by atoms with Gasteiger partial charge in [-0.1, -0.05) is 29.5 Å². The van der Waals surface area contributed by atoms with Gasteiger partial charge in [-0.3, -0.25) is 4.79 Å². The Morgan fingerprint density at radius 1 is 1.38 bits per heavy atom. The molecule has 0 aliphatic carbocycles. The number of benzene rings is 1. The molecule has 3 N–H and O–H groups in total. The molecule has 0 bridgehead atoms. The zero-order valence-corrected chi connectivity index (χ0v) is 16.5. The van der Waals surface area contributed by atoms with E-state index in [1.165, 1.54) is 16.9 Å². The van der Waals surface area contributed by atoms with Crippen molar-refractivity contribution in [2.24, 2.45) is 11.7 Å². The maximum atomic E-state index is 12.9. The average Bonchev–Trinajstić information content (AvgIpc) is 3.29. The number of nitrogens with two attached hydrogens (primary N) is 1. The van der Waals surface area contributed by atoms with Crippen molar-refractivity contribution >= 4 is 48.9 Å². The van der Waals surface area contributed by atoms with Gasteiger partial charge in [0, 0.05) is 18.3 Å². The van der Waals surface area contributed by atoms with Crippen molar-refractivity contribution in [2.45, 2.75) is 26.3 Å². The monoisotopic (exact) mass is 386 g/mol. The number of rotatable bonds is 4. The number of aryl methyl sites for hydroxylation is 1. The van der Waals surface area contributed by atoms with E-state index in [0.717, 1.165) is 38.2 Å². The number of nitrogens with one attached hydrogen (secondary N) is 1. The van der Waals surface area contributed by atoms with Gasteiger partial charge in [0.05, 0.1) is 9.58 Å². The highest BCUT2D eigenvalue weighted by Gasteiger charge is 2.33. The van der Waals surface area contributed by atoms with Crippen LogP contribution in [0.4, 0.5) is 10.8 Å². The molecule has 3 heterocycles. The van der Waals surface area contributed by atoms with E-state index in [0.29, 0.717) is 12.5 Å². The lowest BCUT2D eigenvalue weighted by atomic mass is 10.1. The molecule has 1 aromatic carbocycles. The lowest BCUT2D eigenvalue weighted by molar-refractivity contribution is 0.0748. The predicted molar refractivity (Wildman–Crippen MR) is 110 cm³/mol. The summed E-state index contributed by atoms with van der Waals surface area (Å²) >= 11 is 3.06. The molecule has 1 amide bonds. The molecule has 2 unspecified atom stereocenters. The number of likely N-dealkylation sites (tertiary alicyclic amines) is 1. The molecular weight excluding hydrogens is 364 g/mol. The zero-order chi connectivity index (χ0) is 18.3. The highest BCUT2D eigenvalue weighted by Crippen LogP contribution is 2.36. The summed E-state index contributed by atoms with van der Waals surface area (Å²) in [6.07, 6.45) is 0.991. The van der Waals surface area contributed by atoms with Gasteiger partial charge >= 0.3 is 0 Å². The summed E-state index contributed by atoms with van der Waals surface area (Å²) in [4.78, 5) is 21.2. The third-order valence-corrected chi connectivity index (χ3v) is 7.01. The van der Waals surface area contributed by atoms with E-state index in [-0.39, 0.29) is 11.9 Å². The smallest absolute Gasteiger partial charge is 0.264 e. The molecule has 1 fully saturated rings. The highest BCUT2D eigenvalue weighted by molar-refractivity contribution is 7.29. The molecule has 0 spiro atoms. The van der Waals surface area contributed by atoms with Crippen LogP contribution in [0.2, 0.25) is 0 Å². The number of amides is 1. The van der Waals surface area contributed by atoms with E-state index in [1.807, 2.05) is 29.2 Å². The second kappa shape index (κ2) is 6.98. The molecule has 7 heteroatoms. The van der Waals surface area contributed by atoms with Crippen LogP contribution in [0.15, 0.2) is 30.3 Å².